The Labute approximate surface area is 208 Å². The van der Waals surface area contributed by atoms with Gasteiger partial charge in [0, 0.05) is 24.4 Å². The molecule has 12 nitrogen and oxygen atoms in total. The molecule has 4 rings (SSSR count). The van der Waals surface area contributed by atoms with Crippen LogP contribution in [0.1, 0.15) is 37.4 Å². The van der Waals surface area contributed by atoms with E-state index in [0.29, 0.717) is 42.7 Å². The lowest BCUT2D eigenvalue weighted by molar-refractivity contribution is -0.225. The average Bonchev–Trinajstić information content (AvgIpc) is 3.29. The molecule has 1 fully saturated rings. The molecule has 1 saturated heterocycles. The average molecular weight is 496 g/mol. The maximum Gasteiger partial charge on any atom is 0.412 e. The number of benzene rings is 1. The number of carbonyl (C=O) groups is 1. The van der Waals surface area contributed by atoms with Gasteiger partial charge in [0.1, 0.15) is 5.82 Å². The van der Waals surface area contributed by atoms with Gasteiger partial charge in [0.15, 0.2) is 18.6 Å². The molecule has 0 unspecified atom stereocenters. The van der Waals surface area contributed by atoms with Gasteiger partial charge in [-0.3, -0.25) is 5.32 Å². The minimum absolute atomic E-state index is 0.00377. The Bertz CT molecular complexity index is 1170. The molecule has 1 aliphatic rings. The standard InChI is InChI=1S/C24H29N7O5/c1-24(2)15-34-20(35-16-24)12-13-33-23(32)26-19-11-7-10-18(25-19)14-36-28-21(17-8-5-4-6-9-17)22-27-29-30-31(22)3/h4-11,20H,12-16H2,1-3H3,(H,25,26,32)/b28-21-. The number of tetrazole rings is 1. The van der Waals surface area contributed by atoms with Crippen molar-refractivity contribution in [2.45, 2.75) is 33.2 Å². The molecule has 190 valence electrons. The van der Waals surface area contributed by atoms with Gasteiger partial charge >= 0.3 is 6.09 Å². The Morgan fingerprint density at radius 2 is 1.94 bits per heavy atom. The summed E-state index contributed by atoms with van der Waals surface area (Å²) >= 11 is 0. The van der Waals surface area contributed by atoms with Gasteiger partial charge in [-0.15, -0.1) is 5.10 Å². The number of aryl methyl sites for hydroxylation is 1. The van der Waals surface area contributed by atoms with Crippen molar-refractivity contribution in [3.05, 3.63) is 65.6 Å². The zero-order chi connectivity index (χ0) is 25.4. The molecule has 1 aromatic carbocycles. The monoisotopic (exact) mass is 495 g/mol. The summed E-state index contributed by atoms with van der Waals surface area (Å²) < 4.78 is 18.0. The van der Waals surface area contributed by atoms with Crippen molar-refractivity contribution in [3.63, 3.8) is 0 Å². The molecule has 0 spiro atoms. The number of ether oxygens (including phenoxy) is 3. The minimum atomic E-state index is -0.615. The van der Waals surface area contributed by atoms with Crippen molar-refractivity contribution in [2.24, 2.45) is 17.6 Å². The Morgan fingerprint density at radius 3 is 2.67 bits per heavy atom. The van der Waals surface area contributed by atoms with Crippen LogP contribution in [0.2, 0.25) is 0 Å². The van der Waals surface area contributed by atoms with E-state index < -0.39 is 6.09 Å². The van der Waals surface area contributed by atoms with Gasteiger partial charge in [-0.05, 0) is 22.6 Å². The summed E-state index contributed by atoms with van der Waals surface area (Å²) in [6.07, 6.45) is -0.535. The van der Waals surface area contributed by atoms with Crippen molar-refractivity contribution in [3.8, 4) is 0 Å². The quantitative estimate of drug-likeness (QED) is 0.351. The lowest BCUT2D eigenvalue weighted by Gasteiger charge is -2.34. The Kier molecular flexibility index (Phi) is 8.18. The molecule has 3 aromatic rings. The van der Waals surface area contributed by atoms with E-state index in [4.69, 9.17) is 19.0 Å². The van der Waals surface area contributed by atoms with Crippen LogP contribution in [0.5, 0.6) is 0 Å². The molecule has 1 amide bonds. The Hall–Kier alpha value is -3.90. The van der Waals surface area contributed by atoms with Gasteiger partial charge < -0.3 is 19.0 Å². The highest BCUT2D eigenvalue weighted by Gasteiger charge is 2.28. The molecule has 0 saturated carbocycles. The maximum absolute atomic E-state index is 12.2. The maximum atomic E-state index is 12.2. The number of pyridine rings is 1. The number of nitrogens with one attached hydrogen (secondary N) is 1. The number of rotatable bonds is 9. The van der Waals surface area contributed by atoms with Gasteiger partial charge in [0.25, 0.3) is 0 Å². The molecule has 0 atom stereocenters. The third-order valence-electron chi connectivity index (χ3n) is 5.19. The fourth-order valence-electron chi connectivity index (χ4n) is 3.32. The third-order valence-corrected chi connectivity index (χ3v) is 5.19. The Morgan fingerprint density at radius 1 is 1.17 bits per heavy atom. The van der Waals surface area contributed by atoms with E-state index in [2.05, 4.69) is 44.8 Å². The topological polar surface area (TPSA) is 135 Å². The molecular weight excluding hydrogens is 466 g/mol. The molecule has 12 heteroatoms. The second-order valence-corrected chi connectivity index (χ2v) is 8.98. The van der Waals surface area contributed by atoms with E-state index >= 15 is 0 Å². The number of nitrogens with zero attached hydrogens (tertiary/aromatic N) is 6. The van der Waals surface area contributed by atoms with Crippen LogP contribution in [-0.2, 0) is 32.7 Å². The van der Waals surface area contributed by atoms with Crippen LogP contribution in [0.4, 0.5) is 10.6 Å². The van der Waals surface area contributed by atoms with Crippen LogP contribution in [0, 0.1) is 5.41 Å². The fraction of sp³-hybridized carbons (Fsp3) is 0.417. The zero-order valence-corrected chi connectivity index (χ0v) is 20.5. The van der Waals surface area contributed by atoms with Gasteiger partial charge in [-0.25, -0.2) is 14.5 Å². The lowest BCUT2D eigenvalue weighted by atomic mass is 9.95. The van der Waals surface area contributed by atoms with Crippen LogP contribution >= 0.6 is 0 Å². The van der Waals surface area contributed by atoms with Crippen LogP contribution < -0.4 is 5.32 Å². The van der Waals surface area contributed by atoms with Crippen molar-refractivity contribution in [1.29, 1.82) is 0 Å². The fourth-order valence-corrected chi connectivity index (χ4v) is 3.32. The van der Waals surface area contributed by atoms with Crippen LogP contribution in [-0.4, -0.2) is 63.1 Å². The number of oxime groups is 1. The first-order valence-corrected chi connectivity index (χ1v) is 11.5. The number of hydrogen-bond donors (Lipinski definition) is 1. The molecule has 36 heavy (non-hydrogen) atoms. The molecule has 0 radical (unpaired) electrons. The summed E-state index contributed by atoms with van der Waals surface area (Å²) in [5, 5.41) is 18.4. The van der Waals surface area contributed by atoms with Crippen molar-refractivity contribution in [2.75, 3.05) is 25.1 Å². The smallest absolute Gasteiger partial charge is 0.412 e. The molecule has 0 bridgehead atoms. The Balaban J connectivity index is 1.29. The van der Waals surface area contributed by atoms with Crippen LogP contribution in [0.3, 0.4) is 0 Å². The summed E-state index contributed by atoms with van der Waals surface area (Å²) in [6.45, 7) is 5.59. The number of anilines is 1. The van der Waals surface area contributed by atoms with Gasteiger partial charge in [0.2, 0.25) is 5.82 Å². The van der Waals surface area contributed by atoms with E-state index in [9.17, 15) is 4.79 Å². The van der Waals surface area contributed by atoms with E-state index in [1.807, 2.05) is 30.3 Å². The largest absolute Gasteiger partial charge is 0.449 e. The summed E-state index contributed by atoms with van der Waals surface area (Å²) in [5.41, 5.74) is 1.84. The highest BCUT2D eigenvalue weighted by atomic mass is 16.7. The van der Waals surface area contributed by atoms with E-state index in [1.165, 1.54) is 4.68 Å². The second kappa shape index (κ2) is 11.7. The van der Waals surface area contributed by atoms with Gasteiger partial charge in [-0.1, -0.05) is 55.4 Å². The van der Waals surface area contributed by atoms with Crippen molar-refractivity contribution < 1.29 is 23.8 Å². The lowest BCUT2D eigenvalue weighted by Crippen LogP contribution is -2.38. The van der Waals surface area contributed by atoms with Gasteiger partial charge in [0.05, 0.1) is 25.5 Å². The van der Waals surface area contributed by atoms with E-state index in [0.717, 1.165) is 5.56 Å². The molecular formula is C24H29N7O5. The number of amides is 1. The molecule has 3 heterocycles. The van der Waals surface area contributed by atoms with Crippen LogP contribution in [0.25, 0.3) is 0 Å². The first-order valence-electron chi connectivity index (χ1n) is 11.5. The molecule has 0 aliphatic carbocycles. The predicted molar refractivity (Wildman–Crippen MR) is 129 cm³/mol. The number of carbonyl (C=O) groups excluding carboxylic acids is 1. The number of aromatic nitrogens is 5. The summed E-state index contributed by atoms with van der Waals surface area (Å²) in [4.78, 5) is 22.1. The first kappa shape index (κ1) is 25.2. The minimum Gasteiger partial charge on any atom is -0.449 e. The number of hydrogen-bond acceptors (Lipinski definition) is 10. The zero-order valence-electron chi connectivity index (χ0n) is 20.5. The van der Waals surface area contributed by atoms with Gasteiger partial charge in [-0.2, -0.15) is 0 Å². The SMILES string of the molecule is Cn1nnnc1/C(=N\OCc1cccc(NC(=O)OCCC2OCC(C)(C)CO2)n1)c1ccccc1. The molecule has 1 N–H and O–H groups in total. The summed E-state index contributed by atoms with van der Waals surface area (Å²) in [5.74, 6) is 0.790. The first-order chi connectivity index (χ1) is 17.4. The third kappa shape index (κ3) is 7.06. The molecule has 1 aliphatic heterocycles. The predicted octanol–water partition coefficient (Wildman–Crippen LogP) is 2.91. The van der Waals surface area contributed by atoms with Crippen molar-refractivity contribution >= 4 is 17.6 Å². The highest BCUT2D eigenvalue weighted by molar-refractivity contribution is 6.10. The summed E-state index contributed by atoms with van der Waals surface area (Å²) in [6, 6.07) is 14.6. The highest BCUT2D eigenvalue weighted by Crippen LogP contribution is 2.24. The normalized spacial score (nSPS) is 15.9. The summed E-state index contributed by atoms with van der Waals surface area (Å²) in [7, 11) is 1.72. The van der Waals surface area contributed by atoms with Crippen LogP contribution in [0.15, 0.2) is 53.7 Å². The molecule has 2 aromatic heterocycles. The van der Waals surface area contributed by atoms with Crippen molar-refractivity contribution in [1.82, 2.24) is 25.2 Å². The van der Waals surface area contributed by atoms with E-state index in [1.54, 1.807) is 25.2 Å². The second-order valence-electron chi connectivity index (χ2n) is 8.98. The van der Waals surface area contributed by atoms with E-state index in [-0.39, 0.29) is 24.9 Å².